The molecule has 0 bridgehead atoms. The highest BCUT2D eigenvalue weighted by atomic mass is 32.1. The average molecular weight is 364 g/mol. The second-order valence-electron chi connectivity index (χ2n) is 5.83. The molecule has 3 heterocycles. The lowest BCUT2D eigenvalue weighted by Gasteiger charge is -2.09. The number of hydrogen-bond acceptors (Lipinski definition) is 4. The molecule has 1 aromatic carbocycles. The van der Waals surface area contributed by atoms with E-state index in [1.807, 2.05) is 37.5 Å². The van der Waals surface area contributed by atoms with Crippen molar-refractivity contribution in [1.29, 1.82) is 0 Å². The van der Waals surface area contributed by atoms with Gasteiger partial charge in [0.15, 0.2) is 0 Å². The minimum absolute atomic E-state index is 0.673. The molecule has 4 aromatic rings. The molecule has 0 radical (unpaired) electrons. The van der Waals surface area contributed by atoms with Gasteiger partial charge >= 0.3 is 0 Å². The van der Waals surface area contributed by atoms with Crippen molar-refractivity contribution in [3.63, 3.8) is 0 Å². The summed E-state index contributed by atoms with van der Waals surface area (Å²) in [5, 5.41) is 7.08. The number of hydrogen-bond donors (Lipinski definition) is 1. The maximum atomic E-state index is 5.55. The van der Waals surface area contributed by atoms with Crippen LogP contribution in [-0.4, -0.2) is 33.0 Å². The normalized spacial score (nSPS) is 11.1. The van der Waals surface area contributed by atoms with E-state index in [1.54, 1.807) is 17.5 Å². The fraction of sp³-hybridized carbons (Fsp3) is 0.200. The summed E-state index contributed by atoms with van der Waals surface area (Å²) in [6.07, 6.45) is 3.68. The second-order valence-corrected chi connectivity index (χ2v) is 6.92. The van der Waals surface area contributed by atoms with Crippen LogP contribution in [0.15, 0.2) is 61.1 Å². The first-order chi connectivity index (χ1) is 12.9. The van der Waals surface area contributed by atoms with Crippen molar-refractivity contribution < 1.29 is 4.74 Å². The quantitative estimate of drug-likeness (QED) is 0.483. The molecule has 0 atom stereocenters. The lowest BCUT2D eigenvalue weighted by molar-refractivity contribution is 0.139. The smallest absolute Gasteiger partial charge is 0.0971 e. The Bertz CT molecular complexity index is 957. The van der Waals surface area contributed by atoms with Crippen LogP contribution in [0.2, 0.25) is 0 Å². The van der Waals surface area contributed by atoms with Crippen molar-refractivity contribution in [2.24, 2.45) is 0 Å². The van der Waals surface area contributed by atoms with Gasteiger partial charge in [-0.15, -0.1) is 11.3 Å². The molecular formula is C20H20N4OS. The Hall–Kier alpha value is -2.70. The van der Waals surface area contributed by atoms with Gasteiger partial charge in [-0.05, 0) is 25.1 Å². The van der Waals surface area contributed by atoms with Gasteiger partial charge in [0.1, 0.15) is 0 Å². The molecule has 3 aromatic heterocycles. The molecule has 0 aliphatic heterocycles. The van der Waals surface area contributed by atoms with Crippen molar-refractivity contribution in [2.75, 3.05) is 13.2 Å². The fourth-order valence-corrected chi connectivity index (χ4v) is 3.97. The minimum Gasteiger partial charge on any atom is -0.380 e. The molecule has 6 heteroatoms. The van der Waals surface area contributed by atoms with E-state index in [1.165, 1.54) is 4.88 Å². The van der Waals surface area contributed by atoms with Crippen molar-refractivity contribution >= 4 is 11.3 Å². The lowest BCUT2D eigenvalue weighted by atomic mass is 10.1. The van der Waals surface area contributed by atoms with Crippen LogP contribution in [0.1, 0.15) is 6.92 Å². The van der Waals surface area contributed by atoms with E-state index in [4.69, 9.17) is 9.72 Å². The van der Waals surface area contributed by atoms with E-state index in [2.05, 4.69) is 39.0 Å². The fourth-order valence-electron chi connectivity index (χ4n) is 2.93. The molecule has 0 saturated heterocycles. The van der Waals surface area contributed by atoms with E-state index in [0.29, 0.717) is 6.61 Å². The zero-order valence-electron chi connectivity index (χ0n) is 14.6. The lowest BCUT2D eigenvalue weighted by Crippen LogP contribution is -2.06. The van der Waals surface area contributed by atoms with E-state index < -0.39 is 0 Å². The summed E-state index contributed by atoms with van der Waals surface area (Å²) >= 11 is 1.74. The van der Waals surface area contributed by atoms with Crippen LogP contribution in [0.4, 0.5) is 0 Å². The molecule has 5 nitrogen and oxygen atoms in total. The van der Waals surface area contributed by atoms with E-state index in [0.717, 1.165) is 40.7 Å². The molecule has 1 N–H and O–H groups in total. The van der Waals surface area contributed by atoms with Crippen molar-refractivity contribution in [3.8, 4) is 32.4 Å². The van der Waals surface area contributed by atoms with Crippen molar-refractivity contribution in [1.82, 2.24) is 19.7 Å². The van der Waals surface area contributed by atoms with Gasteiger partial charge in [-0.25, -0.2) is 4.98 Å². The standard InChI is InChI=1S/C20H20N4OS/c1-2-25-13-12-24-14-21-19(15-6-4-3-5-7-15)20(24)18-9-8-17(26-18)16-10-11-22-23-16/h3-11,14H,2,12-13H2,1H3,(H,22,23). The van der Waals surface area contributed by atoms with Gasteiger partial charge in [0.2, 0.25) is 0 Å². The van der Waals surface area contributed by atoms with Crippen LogP contribution in [0.25, 0.3) is 32.4 Å². The van der Waals surface area contributed by atoms with Gasteiger partial charge < -0.3 is 9.30 Å². The summed E-state index contributed by atoms with van der Waals surface area (Å²) in [7, 11) is 0. The highest BCUT2D eigenvalue weighted by Crippen LogP contribution is 2.38. The van der Waals surface area contributed by atoms with Gasteiger partial charge in [0, 0.05) is 24.9 Å². The minimum atomic E-state index is 0.673. The summed E-state index contributed by atoms with van der Waals surface area (Å²) in [5.41, 5.74) is 4.28. The SMILES string of the molecule is CCOCCn1cnc(-c2ccccc2)c1-c1ccc(-c2ccn[nH]2)s1. The molecule has 132 valence electrons. The van der Waals surface area contributed by atoms with Crippen LogP contribution in [-0.2, 0) is 11.3 Å². The van der Waals surface area contributed by atoms with E-state index >= 15 is 0 Å². The summed E-state index contributed by atoms with van der Waals surface area (Å²) in [5.74, 6) is 0. The molecular weight excluding hydrogens is 344 g/mol. The molecule has 0 spiro atoms. The Kier molecular flexibility index (Phi) is 4.95. The van der Waals surface area contributed by atoms with E-state index in [9.17, 15) is 0 Å². The average Bonchev–Trinajstić information content (AvgIpc) is 3.42. The number of rotatable bonds is 7. The molecule has 0 aliphatic carbocycles. The third kappa shape index (κ3) is 3.34. The molecule has 0 amide bonds. The number of nitrogens with zero attached hydrogens (tertiary/aromatic N) is 3. The first kappa shape index (κ1) is 16.8. The largest absolute Gasteiger partial charge is 0.380 e. The number of H-pyrrole nitrogens is 1. The van der Waals surface area contributed by atoms with Crippen molar-refractivity contribution in [2.45, 2.75) is 13.5 Å². The number of benzene rings is 1. The molecule has 0 unspecified atom stereocenters. The third-order valence-corrected chi connectivity index (χ3v) is 5.30. The summed E-state index contributed by atoms with van der Waals surface area (Å²) in [6.45, 7) is 4.19. The first-order valence-electron chi connectivity index (χ1n) is 8.65. The summed E-state index contributed by atoms with van der Waals surface area (Å²) < 4.78 is 7.73. The Morgan fingerprint density at radius 3 is 2.69 bits per heavy atom. The number of thiophene rings is 1. The van der Waals surface area contributed by atoms with Crippen molar-refractivity contribution in [3.05, 3.63) is 61.1 Å². The number of imidazole rings is 1. The third-order valence-electron chi connectivity index (χ3n) is 4.17. The maximum Gasteiger partial charge on any atom is 0.0971 e. The highest BCUT2D eigenvalue weighted by Gasteiger charge is 2.17. The molecule has 4 rings (SSSR count). The van der Waals surface area contributed by atoms with E-state index in [-0.39, 0.29) is 0 Å². The van der Waals surface area contributed by atoms with Gasteiger partial charge in [-0.1, -0.05) is 30.3 Å². The second kappa shape index (κ2) is 7.68. The van der Waals surface area contributed by atoms with Gasteiger partial charge in [0.25, 0.3) is 0 Å². The Morgan fingerprint density at radius 2 is 1.92 bits per heavy atom. The zero-order valence-corrected chi connectivity index (χ0v) is 15.4. The molecule has 0 aliphatic rings. The molecule has 0 fully saturated rings. The van der Waals surface area contributed by atoms with Crippen LogP contribution in [0.5, 0.6) is 0 Å². The number of aromatic amines is 1. The molecule has 0 saturated carbocycles. The Labute approximate surface area is 156 Å². The van der Waals surface area contributed by atoms with Crippen LogP contribution in [0.3, 0.4) is 0 Å². The van der Waals surface area contributed by atoms with Crippen LogP contribution >= 0.6 is 11.3 Å². The van der Waals surface area contributed by atoms with Gasteiger partial charge in [-0.3, -0.25) is 5.10 Å². The Balaban J connectivity index is 1.76. The monoisotopic (exact) mass is 364 g/mol. The molecule has 26 heavy (non-hydrogen) atoms. The van der Waals surface area contributed by atoms with Gasteiger partial charge in [0.05, 0.1) is 39.8 Å². The number of ether oxygens (including phenoxy) is 1. The summed E-state index contributed by atoms with van der Waals surface area (Å²) in [6, 6.07) is 16.6. The van der Waals surface area contributed by atoms with Crippen LogP contribution < -0.4 is 0 Å². The summed E-state index contributed by atoms with van der Waals surface area (Å²) in [4.78, 5) is 7.05. The zero-order chi connectivity index (χ0) is 17.8. The predicted octanol–water partition coefficient (Wildman–Crippen LogP) is 4.71. The maximum absolute atomic E-state index is 5.55. The first-order valence-corrected chi connectivity index (χ1v) is 9.46. The van der Waals surface area contributed by atoms with Crippen LogP contribution in [0, 0.1) is 0 Å². The topological polar surface area (TPSA) is 55.7 Å². The predicted molar refractivity (Wildman–Crippen MR) is 105 cm³/mol. The highest BCUT2D eigenvalue weighted by molar-refractivity contribution is 7.18. The Morgan fingerprint density at radius 1 is 1.08 bits per heavy atom. The number of nitrogens with one attached hydrogen (secondary N) is 1. The van der Waals surface area contributed by atoms with Gasteiger partial charge in [-0.2, -0.15) is 5.10 Å². The number of aromatic nitrogens is 4.